The Labute approximate surface area is 229 Å². The molecule has 0 unspecified atom stereocenters. The number of hydrazine groups is 1. The number of amides is 2. The number of ether oxygens (including phenoxy) is 3. The van der Waals surface area contributed by atoms with Crippen molar-refractivity contribution in [3.63, 3.8) is 0 Å². The molecule has 3 aromatic carbocycles. The molecule has 4 rings (SSSR count). The van der Waals surface area contributed by atoms with Gasteiger partial charge in [-0.15, -0.1) is 0 Å². The van der Waals surface area contributed by atoms with Crippen molar-refractivity contribution in [2.75, 3.05) is 13.7 Å². The normalized spacial score (nSPS) is 14.1. The standard InChI is InChI=1S/C27H23ClN2O5S2/c1-3-34-23-14-18(6-13-22(23)35-16-17-4-9-20(28)10-5-17)15-24-26(32)30(27(36)37-24)29-25(31)19-7-11-21(33-2)12-8-19/h4-15H,3,16H2,1-2H3,(H,29,31)/b24-15+. The summed E-state index contributed by atoms with van der Waals surface area (Å²) in [5, 5.41) is 1.74. The largest absolute Gasteiger partial charge is 0.497 e. The molecule has 1 aliphatic heterocycles. The Balaban J connectivity index is 1.47. The van der Waals surface area contributed by atoms with Crippen LogP contribution in [0.2, 0.25) is 5.02 Å². The summed E-state index contributed by atoms with van der Waals surface area (Å²) in [6, 6.07) is 19.4. The third kappa shape index (κ3) is 6.62. The number of nitrogens with zero attached hydrogens (tertiary/aromatic N) is 1. The summed E-state index contributed by atoms with van der Waals surface area (Å²) in [4.78, 5) is 26.0. The van der Waals surface area contributed by atoms with Crippen LogP contribution < -0.4 is 19.6 Å². The van der Waals surface area contributed by atoms with E-state index in [1.807, 2.05) is 37.3 Å². The number of nitrogens with one attached hydrogen (secondary N) is 1. The number of thiocarbonyl (C=S) groups is 1. The van der Waals surface area contributed by atoms with Crippen LogP contribution in [0.3, 0.4) is 0 Å². The van der Waals surface area contributed by atoms with Crippen molar-refractivity contribution < 1.29 is 23.8 Å². The summed E-state index contributed by atoms with van der Waals surface area (Å²) in [7, 11) is 1.54. The van der Waals surface area contributed by atoms with E-state index in [4.69, 9.17) is 38.0 Å². The molecule has 1 saturated heterocycles. The first-order chi connectivity index (χ1) is 17.9. The number of methoxy groups -OCH3 is 1. The van der Waals surface area contributed by atoms with E-state index in [1.54, 1.807) is 49.6 Å². The van der Waals surface area contributed by atoms with Gasteiger partial charge in [-0.05, 0) is 84.9 Å². The Morgan fingerprint density at radius 3 is 2.46 bits per heavy atom. The molecule has 0 bridgehead atoms. The Bertz CT molecular complexity index is 1340. The van der Waals surface area contributed by atoms with Gasteiger partial charge in [-0.2, -0.15) is 5.01 Å². The van der Waals surface area contributed by atoms with E-state index in [0.717, 1.165) is 27.9 Å². The Hall–Kier alpha value is -3.53. The molecule has 1 fully saturated rings. The minimum atomic E-state index is -0.457. The second-order valence-electron chi connectivity index (χ2n) is 7.74. The SMILES string of the molecule is CCOc1cc(/C=C2/SC(=S)N(NC(=O)c3ccc(OC)cc3)C2=O)ccc1OCc1ccc(Cl)cc1. The molecule has 0 radical (unpaired) electrons. The predicted molar refractivity (Wildman–Crippen MR) is 149 cm³/mol. The lowest BCUT2D eigenvalue weighted by Crippen LogP contribution is -2.44. The van der Waals surface area contributed by atoms with Gasteiger partial charge in [-0.1, -0.05) is 41.6 Å². The molecule has 0 aromatic heterocycles. The zero-order valence-corrected chi connectivity index (χ0v) is 22.4. The van der Waals surface area contributed by atoms with Gasteiger partial charge in [-0.25, -0.2) is 0 Å². The Kier molecular flexibility index (Phi) is 8.70. The Morgan fingerprint density at radius 2 is 1.78 bits per heavy atom. The van der Waals surface area contributed by atoms with Crippen LogP contribution in [-0.2, 0) is 11.4 Å². The molecule has 1 heterocycles. The number of halogens is 1. The summed E-state index contributed by atoms with van der Waals surface area (Å²) >= 11 is 12.4. The van der Waals surface area contributed by atoms with E-state index >= 15 is 0 Å². The lowest BCUT2D eigenvalue weighted by atomic mass is 10.1. The maximum absolute atomic E-state index is 13.0. The molecule has 37 heavy (non-hydrogen) atoms. The number of thioether (sulfide) groups is 1. The molecule has 3 aromatic rings. The van der Waals surface area contributed by atoms with Gasteiger partial charge in [0.2, 0.25) is 0 Å². The highest BCUT2D eigenvalue weighted by Crippen LogP contribution is 2.34. The van der Waals surface area contributed by atoms with Crippen LogP contribution in [-0.4, -0.2) is 34.9 Å². The summed E-state index contributed by atoms with van der Waals surface area (Å²) < 4.78 is 17.1. The number of carbonyl (C=O) groups excluding carboxylic acids is 2. The summed E-state index contributed by atoms with van der Waals surface area (Å²) in [5.41, 5.74) is 4.64. The molecular formula is C27H23ClN2O5S2. The van der Waals surface area contributed by atoms with Gasteiger partial charge in [0.15, 0.2) is 15.8 Å². The molecular weight excluding hydrogens is 532 g/mol. The van der Waals surface area contributed by atoms with Crippen LogP contribution in [0, 0.1) is 0 Å². The van der Waals surface area contributed by atoms with E-state index in [1.165, 1.54) is 0 Å². The minimum Gasteiger partial charge on any atom is -0.497 e. The number of hydrogen-bond donors (Lipinski definition) is 1. The molecule has 0 aliphatic carbocycles. The van der Waals surface area contributed by atoms with Gasteiger partial charge in [0.05, 0.1) is 18.6 Å². The summed E-state index contributed by atoms with van der Waals surface area (Å²) in [5.74, 6) is 0.874. The molecule has 0 spiro atoms. The lowest BCUT2D eigenvalue weighted by molar-refractivity contribution is -0.123. The number of rotatable bonds is 9. The quantitative estimate of drug-likeness (QED) is 0.262. The van der Waals surface area contributed by atoms with Gasteiger partial charge in [0, 0.05) is 10.6 Å². The van der Waals surface area contributed by atoms with Crippen LogP contribution in [0.25, 0.3) is 6.08 Å². The number of carbonyl (C=O) groups is 2. The van der Waals surface area contributed by atoms with Crippen molar-refractivity contribution in [1.29, 1.82) is 0 Å². The molecule has 1 N–H and O–H groups in total. The number of benzene rings is 3. The topological polar surface area (TPSA) is 77.1 Å². The fourth-order valence-corrected chi connectivity index (χ4v) is 4.67. The molecule has 0 saturated carbocycles. The average molecular weight is 555 g/mol. The zero-order valence-electron chi connectivity index (χ0n) is 20.0. The van der Waals surface area contributed by atoms with E-state index < -0.39 is 11.8 Å². The van der Waals surface area contributed by atoms with Crippen molar-refractivity contribution >= 4 is 57.8 Å². The fourth-order valence-electron chi connectivity index (χ4n) is 3.37. The highest BCUT2D eigenvalue weighted by Gasteiger charge is 2.33. The van der Waals surface area contributed by atoms with Gasteiger partial charge in [-0.3, -0.25) is 15.0 Å². The van der Waals surface area contributed by atoms with Crippen LogP contribution in [0.5, 0.6) is 17.2 Å². The maximum atomic E-state index is 13.0. The lowest BCUT2D eigenvalue weighted by Gasteiger charge is -2.15. The van der Waals surface area contributed by atoms with Crippen LogP contribution in [0.15, 0.2) is 71.6 Å². The molecule has 7 nitrogen and oxygen atoms in total. The van der Waals surface area contributed by atoms with Crippen molar-refractivity contribution in [2.24, 2.45) is 0 Å². The van der Waals surface area contributed by atoms with Crippen LogP contribution >= 0.6 is 35.6 Å². The second-order valence-corrected chi connectivity index (χ2v) is 9.85. The third-order valence-corrected chi connectivity index (χ3v) is 6.79. The van der Waals surface area contributed by atoms with Gasteiger partial charge < -0.3 is 14.2 Å². The van der Waals surface area contributed by atoms with Crippen molar-refractivity contribution in [3.8, 4) is 17.2 Å². The zero-order chi connectivity index (χ0) is 26.4. The highest BCUT2D eigenvalue weighted by molar-refractivity contribution is 8.26. The van der Waals surface area contributed by atoms with Gasteiger partial charge in [0.25, 0.3) is 11.8 Å². The molecule has 0 atom stereocenters. The second kappa shape index (κ2) is 12.1. The smallest absolute Gasteiger partial charge is 0.285 e. The number of hydrogen-bond acceptors (Lipinski definition) is 7. The first kappa shape index (κ1) is 26.5. The van der Waals surface area contributed by atoms with E-state index in [2.05, 4.69) is 5.43 Å². The molecule has 190 valence electrons. The first-order valence-electron chi connectivity index (χ1n) is 11.2. The van der Waals surface area contributed by atoms with E-state index in [-0.39, 0.29) is 4.32 Å². The third-order valence-electron chi connectivity index (χ3n) is 5.23. The van der Waals surface area contributed by atoms with Crippen LogP contribution in [0.4, 0.5) is 0 Å². The van der Waals surface area contributed by atoms with Crippen LogP contribution in [0.1, 0.15) is 28.4 Å². The van der Waals surface area contributed by atoms with Gasteiger partial charge in [0.1, 0.15) is 12.4 Å². The predicted octanol–water partition coefficient (Wildman–Crippen LogP) is 5.87. The van der Waals surface area contributed by atoms with Crippen molar-refractivity contribution in [1.82, 2.24) is 10.4 Å². The van der Waals surface area contributed by atoms with E-state index in [0.29, 0.717) is 46.0 Å². The van der Waals surface area contributed by atoms with Crippen molar-refractivity contribution in [3.05, 3.63) is 93.3 Å². The molecule has 1 aliphatic rings. The summed E-state index contributed by atoms with van der Waals surface area (Å²) in [6.07, 6.45) is 1.70. The first-order valence-corrected chi connectivity index (χ1v) is 12.8. The van der Waals surface area contributed by atoms with Crippen molar-refractivity contribution in [2.45, 2.75) is 13.5 Å². The maximum Gasteiger partial charge on any atom is 0.285 e. The summed E-state index contributed by atoms with van der Waals surface area (Å²) in [6.45, 7) is 2.68. The monoisotopic (exact) mass is 554 g/mol. The van der Waals surface area contributed by atoms with Gasteiger partial charge >= 0.3 is 0 Å². The minimum absolute atomic E-state index is 0.228. The fraction of sp³-hybridized carbons (Fsp3) is 0.148. The average Bonchev–Trinajstić information content (AvgIpc) is 3.16. The Morgan fingerprint density at radius 1 is 1.05 bits per heavy atom. The highest BCUT2D eigenvalue weighted by atomic mass is 35.5. The molecule has 10 heteroatoms. The van der Waals surface area contributed by atoms with E-state index in [9.17, 15) is 9.59 Å². The molecule has 2 amide bonds.